The van der Waals surface area contributed by atoms with Crippen LogP contribution in [0.15, 0.2) is 48.7 Å². The van der Waals surface area contributed by atoms with Crippen LogP contribution >= 0.6 is 0 Å². The Bertz CT molecular complexity index is 1050. The van der Waals surface area contributed by atoms with Gasteiger partial charge in [0.2, 0.25) is 0 Å². The molecule has 1 aliphatic rings. The van der Waals surface area contributed by atoms with Gasteiger partial charge in [0.05, 0.1) is 24.1 Å². The van der Waals surface area contributed by atoms with Gasteiger partial charge in [-0.25, -0.2) is 0 Å². The number of carbonyl (C=O) groups is 2. The minimum Gasteiger partial charge on any atom is -0.338 e. The van der Waals surface area contributed by atoms with Gasteiger partial charge in [-0.15, -0.1) is 0 Å². The normalized spacial score (nSPS) is 12.6. The molecule has 2 heterocycles. The summed E-state index contributed by atoms with van der Waals surface area (Å²) in [5.74, 6) is 0.833. The van der Waals surface area contributed by atoms with E-state index in [9.17, 15) is 9.59 Å². The average molecular weight is 374 g/mol. The number of hydrogen-bond acceptors (Lipinski definition) is 4. The lowest BCUT2D eigenvalue weighted by Gasteiger charge is -2.23. The number of rotatable bonds is 4. The van der Waals surface area contributed by atoms with Crippen LogP contribution < -0.4 is 10.2 Å². The van der Waals surface area contributed by atoms with Crippen LogP contribution in [0.4, 0.5) is 17.2 Å². The van der Waals surface area contributed by atoms with Gasteiger partial charge < -0.3 is 15.0 Å². The number of para-hydroxylation sites is 2. The van der Waals surface area contributed by atoms with Crippen molar-refractivity contribution in [1.82, 2.24) is 9.78 Å². The Morgan fingerprint density at radius 1 is 1.25 bits per heavy atom. The van der Waals surface area contributed by atoms with Crippen molar-refractivity contribution < 1.29 is 9.59 Å². The molecule has 0 saturated heterocycles. The monoisotopic (exact) mass is 374 g/mol. The number of fused-ring (bicyclic) bond motifs is 2. The molecular weight excluding hydrogens is 352 g/mol. The number of carbonyl (C=O) groups excluding carboxylic acids is 2. The van der Waals surface area contributed by atoms with Gasteiger partial charge in [0, 0.05) is 24.6 Å². The van der Waals surface area contributed by atoms with Gasteiger partial charge in [0.15, 0.2) is 0 Å². The van der Waals surface area contributed by atoms with E-state index in [4.69, 9.17) is 0 Å². The van der Waals surface area contributed by atoms with E-state index < -0.39 is 0 Å². The summed E-state index contributed by atoms with van der Waals surface area (Å²) in [5.41, 5.74) is 5.43. The Hall–Kier alpha value is -3.41. The zero-order valence-corrected chi connectivity index (χ0v) is 16.0. The lowest BCUT2D eigenvalue weighted by Crippen LogP contribution is -2.30. The summed E-state index contributed by atoms with van der Waals surface area (Å²) in [6, 6.07) is 13.5. The third-order valence-electron chi connectivity index (χ3n) is 5.16. The molecule has 1 N–H and O–H groups in total. The highest BCUT2D eigenvalue weighted by atomic mass is 16.2. The quantitative estimate of drug-likeness (QED) is 0.706. The minimum atomic E-state index is -0.0593. The van der Waals surface area contributed by atoms with Gasteiger partial charge in [-0.2, -0.15) is 5.10 Å². The van der Waals surface area contributed by atoms with E-state index in [0.29, 0.717) is 24.9 Å². The van der Waals surface area contributed by atoms with Crippen LogP contribution in [0.1, 0.15) is 33.5 Å². The smallest absolute Gasteiger partial charge is 0.258 e. The summed E-state index contributed by atoms with van der Waals surface area (Å²) in [5, 5.41) is 7.73. The lowest BCUT2D eigenvalue weighted by atomic mass is 10.0. The van der Waals surface area contributed by atoms with Crippen molar-refractivity contribution in [2.75, 3.05) is 10.2 Å². The Morgan fingerprint density at radius 3 is 2.86 bits per heavy atom. The van der Waals surface area contributed by atoms with Crippen molar-refractivity contribution in [3.63, 3.8) is 0 Å². The van der Waals surface area contributed by atoms with Crippen LogP contribution in [0.2, 0.25) is 0 Å². The van der Waals surface area contributed by atoms with Crippen molar-refractivity contribution in [2.45, 2.75) is 26.3 Å². The van der Waals surface area contributed by atoms with Gasteiger partial charge in [0.25, 0.3) is 5.91 Å². The molecule has 0 atom stereocenters. The number of aromatic nitrogens is 2. The zero-order chi connectivity index (χ0) is 19.7. The van der Waals surface area contributed by atoms with E-state index in [0.717, 1.165) is 40.2 Å². The molecule has 1 amide bonds. The summed E-state index contributed by atoms with van der Waals surface area (Å²) < 4.78 is 1.78. The summed E-state index contributed by atoms with van der Waals surface area (Å²) in [6.45, 7) is 2.42. The Kier molecular flexibility index (Phi) is 4.69. The van der Waals surface area contributed by atoms with E-state index in [1.54, 1.807) is 15.8 Å². The molecule has 0 fully saturated rings. The maximum absolute atomic E-state index is 13.4. The fourth-order valence-corrected chi connectivity index (χ4v) is 3.62. The first-order valence-corrected chi connectivity index (χ1v) is 9.30. The molecule has 28 heavy (non-hydrogen) atoms. The molecule has 0 saturated carbocycles. The molecule has 0 spiro atoms. The Morgan fingerprint density at radius 2 is 2.07 bits per heavy atom. The largest absolute Gasteiger partial charge is 0.338 e. The summed E-state index contributed by atoms with van der Waals surface area (Å²) in [4.78, 5) is 25.9. The van der Waals surface area contributed by atoms with Crippen LogP contribution in [0.3, 0.4) is 0 Å². The Balaban J connectivity index is 1.72. The standard InChI is InChI=1S/C22H22N4O2/c1-15-12-17(10-9-16(15)6-5-11-27)22(28)26-14-18-13-23-25(2)21(18)24-19-7-3-4-8-20(19)26/h3-4,7-13,24H,5-6,14H2,1-2H3. The molecule has 0 aliphatic carbocycles. The van der Waals surface area contributed by atoms with Crippen LogP contribution in [-0.2, 0) is 24.8 Å². The van der Waals surface area contributed by atoms with E-state index in [-0.39, 0.29) is 5.91 Å². The topological polar surface area (TPSA) is 67.2 Å². The number of anilines is 3. The molecule has 4 rings (SSSR count). The first-order chi connectivity index (χ1) is 13.6. The minimum absolute atomic E-state index is 0.0593. The van der Waals surface area contributed by atoms with E-state index in [1.165, 1.54) is 0 Å². The fourth-order valence-electron chi connectivity index (χ4n) is 3.62. The highest BCUT2D eigenvalue weighted by Gasteiger charge is 2.26. The molecular formula is C22H22N4O2. The van der Waals surface area contributed by atoms with E-state index in [1.807, 2.05) is 56.4 Å². The van der Waals surface area contributed by atoms with Crippen molar-refractivity contribution in [2.24, 2.45) is 7.05 Å². The molecule has 0 bridgehead atoms. The molecule has 2 aromatic carbocycles. The number of nitrogens with one attached hydrogen (secondary N) is 1. The summed E-state index contributed by atoms with van der Waals surface area (Å²) in [7, 11) is 1.88. The summed E-state index contributed by atoms with van der Waals surface area (Å²) >= 11 is 0. The number of aryl methyl sites for hydroxylation is 3. The summed E-state index contributed by atoms with van der Waals surface area (Å²) in [6.07, 6.45) is 3.90. The Labute approximate surface area is 163 Å². The number of aldehydes is 1. The molecule has 142 valence electrons. The first kappa shape index (κ1) is 18.0. The lowest BCUT2D eigenvalue weighted by molar-refractivity contribution is -0.107. The maximum Gasteiger partial charge on any atom is 0.258 e. The van der Waals surface area contributed by atoms with Crippen LogP contribution in [0.25, 0.3) is 0 Å². The van der Waals surface area contributed by atoms with Gasteiger partial charge in [-0.05, 0) is 48.7 Å². The predicted octanol–water partition coefficient (Wildman–Crippen LogP) is 3.76. The third-order valence-corrected chi connectivity index (χ3v) is 5.16. The molecule has 0 radical (unpaired) electrons. The van der Waals surface area contributed by atoms with Crippen molar-refractivity contribution >= 4 is 29.4 Å². The highest BCUT2D eigenvalue weighted by molar-refractivity contribution is 6.08. The number of amides is 1. The van der Waals surface area contributed by atoms with Gasteiger partial charge in [-0.3, -0.25) is 9.48 Å². The number of nitrogens with zero attached hydrogens (tertiary/aromatic N) is 3. The molecule has 1 aliphatic heterocycles. The molecule has 6 nitrogen and oxygen atoms in total. The van der Waals surface area contributed by atoms with Crippen LogP contribution in [0.5, 0.6) is 0 Å². The second-order valence-electron chi connectivity index (χ2n) is 7.02. The van der Waals surface area contributed by atoms with E-state index in [2.05, 4.69) is 10.4 Å². The second kappa shape index (κ2) is 7.31. The fraction of sp³-hybridized carbons (Fsp3) is 0.227. The van der Waals surface area contributed by atoms with Gasteiger partial charge in [-0.1, -0.05) is 18.2 Å². The van der Waals surface area contributed by atoms with Gasteiger partial charge >= 0.3 is 0 Å². The third kappa shape index (κ3) is 3.17. The second-order valence-corrected chi connectivity index (χ2v) is 7.02. The first-order valence-electron chi connectivity index (χ1n) is 9.30. The van der Waals surface area contributed by atoms with Crippen LogP contribution in [-0.4, -0.2) is 22.0 Å². The van der Waals surface area contributed by atoms with Crippen molar-refractivity contribution in [3.05, 3.63) is 70.9 Å². The molecule has 6 heteroatoms. The number of hydrogen-bond donors (Lipinski definition) is 1. The van der Waals surface area contributed by atoms with Crippen LogP contribution in [0, 0.1) is 6.92 Å². The molecule has 3 aromatic rings. The molecule has 1 aromatic heterocycles. The van der Waals surface area contributed by atoms with Gasteiger partial charge in [0.1, 0.15) is 12.1 Å². The average Bonchev–Trinajstić information content (AvgIpc) is 2.95. The maximum atomic E-state index is 13.4. The number of benzene rings is 2. The van der Waals surface area contributed by atoms with E-state index >= 15 is 0 Å². The molecule has 0 unspecified atom stereocenters. The SMILES string of the molecule is Cc1cc(C(=O)N2Cc3cnn(C)c3Nc3ccccc32)ccc1CCC=O. The zero-order valence-electron chi connectivity index (χ0n) is 16.0. The van der Waals surface area contributed by atoms with Crippen molar-refractivity contribution in [1.29, 1.82) is 0 Å². The van der Waals surface area contributed by atoms with Crippen molar-refractivity contribution in [3.8, 4) is 0 Å². The predicted molar refractivity (Wildman–Crippen MR) is 109 cm³/mol. The highest BCUT2D eigenvalue weighted by Crippen LogP contribution is 2.36.